The van der Waals surface area contributed by atoms with Gasteiger partial charge in [0, 0.05) is 17.3 Å². The van der Waals surface area contributed by atoms with Crippen molar-refractivity contribution in [1.82, 2.24) is 10.3 Å². The Bertz CT molecular complexity index is 1020. The number of alkyl carbamates (subject to hydrolysis) is 1. The zero-order valence-electron chi connectivity index (χ0n) is 21.7. The molecule has 0 radical (unpaired) electrons. The number of pyridine rings is 1. The molecule has 1 saturated heterocycles. The summed E-state index contributed by atoms with van der Waals surface area (Å²) in [6.45, 7) is 10.1. The molecule has 9 heteroatoms. The van der Waals surface area contributed by atoms with Crippen molar-refractivity contribution in [3.8, 4) is 11.6 Å². The molecule has 0 saturated carbocycles. The van der Waals surface area contributed by atoms with Crippen LogP contribution in [-0.4, -0.2) is 62.4 Å². The lowest BCUT2D eigenvalue weighted by Crippen LogP contribution is -2.34. The lowest BCUT2D eigenvalue weighted by atomic mass is 10.0. The van der Waals surface area contributed by atoms with Crippen LogP contribution >= 0.6 is 0 Å². The largest absolute Gasteiger partial charge is 0.492 e. The second-order valence-electron chi connectivity index (χ2n) is 9.61. The maximum absolute atomic E-state index is 12.6. The van der Waals surface area contributed by atoms with Crippen LogP contribution in [0.15, 0.2) is 35.1 Å². The van der Waals surface area contributed by atoms with E-state index in [-0.39, 0.29) is 11.5 Å². The highest BCUT2D eigenvalue weighted by Crippen LogP contribution is 2.17. The number of hydrogen-bond donors (Lipinski definition) is 2. The molecule has 36 heavy (non-hydrogen) atoms. The normalized spacial score (nSPS) is 15.8. The molecule has 1 aromatic carbocycles. The maximum Gasteiger partial charge on any atom is 0.407 e. The minimum atomic E-state index is -0.528. The van der Waals surface area contributed by atoms with E-state index in [2.05, 4.69) is 10.3 Å². The van der Waals surface area contributed by atoms with Gasteiger partial charge >= 0.3 is 6.09 Å². The van der Waals surface area contributed by atoms with E-state index in [0.717, 1.165) is 29.0 Å². The predicted molar refractivity (Wildman–Crippen MR) is 136 cm³/mol. The summed E-state index contributed by atoms with van der Waals surface area (Å²) >= 11 is 0. The number of aromatic amines is 1. The molecular weight excluding hydrogens is 464 g/mol. The van der Waals surface area contributed by atoms with E-state index in [1.807, 2.05) is 52.0 Å². The zero-order valence-corrected chi connectivity index (χ0v) is 21.7. The van der Waals surface area contributed by atoms with Crippen LogP contribution in [0.25, 0.3) is 0 Å². The van der Waals surface area contributed by atoms with Gasteiger partial charge in [-0.15, -0.1) is 0 Å². The lowest BCUT2D eigenvalue weighted by molar-refractivity contribution is -0.102. The highest BCUT2D eigenvalue weighted by Gasteiger charge is 2.17. The third-order valence-electron chi connectivity index (χ3n) is 5.49. The highest BCUT2D eigenvalue weighted by molar-refractivity contribution is 5.67. The van der Waals surface area contributed by atoms with Gasteiger partial charge in [0.1, 0.15) is 30.7 Å². The SMILES string of the molecule is CCc1c(CCc2ccc(OCCNC(=O)OC(C)(C)C)cc2)[nH]c(OCC2COCCO2)cc1=O. The van der Waals surface area contributed by atoms with Gasteiger partial charge in [-0.2, -0.15) is 0 Å². The Kier molecular flexibility index (Phi) is 10.2. The number of amides is 1. The molecule has 2 aromatic rings. The molecule has 1 unspecified atom stereocenters. The van der Waals surface area contributed by atoms with Gasteiger partial charge in [0.15, 0.2) is 11.3 Å². The molecule has 1 amide bonds. The number of nitrogens with one attached hydrogen (secondary N) is 2. The number of carbonyl (C=O) groups is 1. The minimum absolute atomic E-state index is 0.0224. The smallest absolute Gasteiger partial charge is 0.407 e. The van der Waals surface area contributed by atoms with Crippen LogP contribution in [0.4, 0.5) is 4.79 Å². The number of aryl methyl sites for hydroxylation is 2. The van der Waals surface area contributed by atoms with Gasteiger partial charge < -0.3 is 34.0 Å². The Hall–Kier alpha value is -3.04. The van der Waals surface area contributed by atoms with E-state index < -0.39 is 11.7 Å². The maximum atomic E-state index is 12.6. The molecule has 1 atom stereocenters. The van der Waals surface area contributed by atoms with Crippen molar-refractivity contribution in [1.29, 1.82) is 0 Å². The van der Waals surface area contributed by atoms with Crippen molar-refractivity contribution < 1.29 is 28.5 Å². The molecule has 0 bridgehead atoms. The van der Waals surface area contributed by atoms with Crippen molar-refractivity contribution in [3.05, 3.63) is 57.4 Å². The zero-order chi connectivity index (χ0) is 26.0. The highest BCUT2D eigenvalue weighted by atomic mass is 16.6. The first kappa shape index (κ1) is 27.5. The van der Waals surface area contributed by atoms with Crippen molar-refractivity contribution in [2.45, 2.75) is 58.7 Å². The standard InChI is InChI=1S/C27H38N2O7/c1-5-22-23(29-25(16-24(22)30)35-18-21-17-32-14-15-34-21)11-8-19-6-9-20(10-7-19)33-13-12-28-26(31)36-27(2,3)4/h6-7,9-10,16,21H,5,8,11-15,17-18H2,1-4H3,(H,28,31)(H,29,30). The van der Waals surface area contributed by atoms with Gasteiger partial charge in [-0.3, -0.25) is 4.79 Å². The van der Waals surface area contributed by atoms with Crippen LogP contribution in [0.3, 0.4) is 0 Å². The molecule has 9 nitrogen and oxygen atoms in total. The summed E-state index contributed by atoms with van der Waals surface area (Å²) in [7, 11) is 0. The van der Waals surface area contributed by atoms with Gasteiger partial charge in [-0.05, 0) is 57.7 Å². The fourth-order valence-electron chi connectivity index (χ4n) is 3.77. The van der Waals surface area contributed by atoms with E-state index in [0.29, 0.717) is 58.3 Å². The van der Waals surface area contributed by atoms with E-state index in [1.54, 1.807) is 0 Å². The second kappa shape index (κ2) is 13.3. The summed E-state index contributed by atoms with van der Waals surface area (Å²) in [4.78, 5) is 27.6. The molecule has 1 aliphatic rings. The van der Waals surface area contributed by atoms with Gasteiger partial charge in [0.2, 0.25) is 0 Å². The van der Waals surface area contributed by atoms with Crippen LogP contribution < -0.4 is 20.2 Å². The van der Waals surface area contributed by atoms with Crippen molar-refractivity contribution >= 4 is 6.09 Å². The Morgan fingerprint density at radius 2 is 1.92 bits per heavy atom. The molecule has 1 fully saturated rings. The van der Waals surface area contributed by atoms with E-state index >= 15 is 0 Å². The minimum Gasteiger partial charge on any atom is -0.492 e. The molecule has 198 valence electrons. The monoisotopic (exact) mass is 502 g/mol. The Labute approximate surface area is 212 Å². The predicted octanol–water partition coefficient (Wildman–Crippen LogP) is 3.42. The van der Waals surface area contributed by atoms with Crippen LogP contribution in [0, 0.1) is 0 Å². The number of benzene rings is 1. The van der Waals surface area contributed by atoms with Crippen LogP contribution in [0.2, 0.25) is 0 Å². The summed E-state index contributed by atoms with van der Waals surface area (Å²) in [6.07, 6.45) is 1.49. The molecule has 3 rings (SSSR count). The lowest BCUT2D eigenvalue weighted by Gasteiger charge is -2.23. The number of carbonyl (C=O) groups excluding carboxylic acids is 1. The molecule has 1 aromatic heterocycles. The molecule has 0 spiro atoms. The second-order valence-corrected chi connectivity index (χ2v) is 9.61. The number of H-pyrrole nitrogens is 1. The van der Waals surface area contributed by atoms with E-state index in [4.69, 9.17) is 23.7 Å². The summed E-state index contributed by atoms with van der Waals surface area (Å²) in [5.74, 6) is 1.17. The average Bonchev–Trinajstić information content (AvgIpc) is 2.84. The quantitative estimate of drug-likeness (QED) is 0.453. The molecule has 0 aliphatic carbocycles. The summed E-state index contributed by atoms with van der Waals surface area (Å²) in [5.41, 5.74) is 2.23. The van der Waals surface area contributed by atoms with Crippen LogP contribution in [0.5, 0.6) is 11.6 Å². The Morgan fingerprint density at radius 1 is 1.14 bits per heavy atom. The van der Waals surface area contributed by atoms with E-state index in [1.165, 1.54) is 6.07 Å². The fourth-order valence-corrected chi connectivity index (χ4v) is 3.77. The van der Waals surface area contributed by atoms with Gasteiger partial charge in [0.25, 0.3) is 0 Å². The van der Waals surface area contributed by atoms with Crippen molar-refractivity contribution in [3.63, 3.8) is 0 Å². The van der Waals surface area contributed by atoms with Crippen LogP contribution in [-0.2, 0) is 33.5 Å². The average molecular weight is 503 g/mol. The first-order valence-electron chi connectivity index (χ1n) is 12.5. The van der Waals surface area contributed by atoms with Gasteiger partial charge in [-0.1, -0.05) is 19.1 Å². The Morgan fingerprint density at radius 3 is 2.58 bits per heavy atom. The van der Waals surface area contributed by atoms with Crippen LogP contribution in [0.1, 0.15) is 44.5 Å². The first-order valence-corrected chi connectivity index (χ1v) is 12.5. The third-order valence-corrected chi connectivity index (χ3v) is 5.49. The van der Waals surface area contributed by atoms with Gasteiger partial charge in [0.05, 0.1) is 26.4 Å². The molecule has 1 aliphatic heterocycles. The Balaban J connectivity index is 1.49. The number of ether oxygens (including phenoxy) is 5. The molecule has 2 heterocycles. The summed E-state index contributed by atoms with van der Waals surface area (Å²) < 4.78 is 27.7. The fraction of sp³-hybridized carbons (Fsp3) is 0.556. The summed E-state index contributed by atoms with van der Waals surface area (Å²) in [5, 5.41) is 2.67. The molecule has 2 N–H and O–H groups in total. The third kappa shape index (κ3) is 9.20. The first-order chi connectivity index (χ1) is 17.2. The summed E-state index contributed by atoms with van der Waals surface area (Å²) in [6, 6.07) is 9.31. The van der Waals surface area contributed by atoms with Crippen molar-refractivity contribution in [2.75, 3.05) is 39.6 Å². The molecular formula is C27H38N2O7. The number of hydrogen-bond acceptors (Lipinski definition) is 7. The topological polar surface area (TPSA) is 108 Å². The van der Waals surface area contributed by atoms with Crippen molar-refractivity contribution in [2.24, 2.45) is 0 Å². The number of rotatable bonds is 11. The number of aromatic nitrogens is 1. The van der Waals surface area contributed by atoms with E-state index in [9.17, 15) is 9.59 Å². The van der Waals surface area contributed by atoms with Gasteiger partial charge in [-0.25, -0.2) is 4.79 Å².